The molecule has 1 unspecified atom stereocenters. The summed E-state index contributed by atoms with van der Waals surface area (Å²) in [5.74, 6) is -1.45. The maximum absolute atomic E-state index is 13.1. The highest BCUT2D eigenvalue weighted by Crippen LogP contribution is 2.45. The van der Waals surface area contributed by atoms with Gasteiger partial charge in [0.15, 0.2) is 0 Å². The van der Waals surface area contributed by atoms with Gasteiger partial charge >= 0.3 is 12.1 Å². The van der Waals surface area contributed by atoms with Gasteiger partial charge in [-0.25, -0.2) is 0 Å². The van der Waals surface area contributed by atoms with Crippen LogP contribution in [0.25, 0.3) is 0 Å². The third kappa shape index (κ3) is 2.59. The summed E-state index contributed by atoms with van der Waals surface area (Å²) in [5.41, 5.74) is -1.10. The fourth-order valence-electron chi connectivity index (χ4n) is 2.62. The molecule has 110 valence electrons. The Morgan fingerprint density at radius 1 is 1.40 bits per heavy atom. The van der Waals surface area contributed by atoms with Crippen LogP contribution in [-0.4, -0.2) is 17.6 Å². The highest BCUT2D eigenvalue weighted by atomic mass is 19.4. The molecule has 6 heteroatoms. The van der Waals surface area contributed by atoms with Crippen LogP contribution in [0.1, 0.15) is 37.3 Å². The van der Waals surface area contributed by atoms with Crippen molar-refractivity contribution in [3.63, 3.8) is 0 Å². The zero-order valence-corrected chi connectivity index (χ0v) is 11.2. The molecular weight excluding hydrogens is 271 g/mol. The van der Waals surface area contributed by atoms with Crippen molar-refractivity contribution in [3.8, 4) is 0 Å². The molecule has 2 rings (SSSR count). The summed E-state index contributed by atoms with van der Waals surface area (Å²) in [6.45, 7) is 3.40. The van der Waals surface area contributed by atoms with E-state index in [9.17, 15) is 18.0 Å². The molecule has 20 heavy (non-hydrogen) atoms. The van der Waals surface area contributed by atoms with Gasteiger partial charge in [0, 0.05) is 18.2 Å². The normalized spacial score (nSPS) is 18.6. The number of aliphatic carboxylic acids is 1. The van der Waals surface area contributed by atoms with Crippen molar-refractivity contribution >= 4 is 11.7 Å². The maximum atomic E-state index is 13.1. The Balaban J connectivity index is 2.39. The van der Waals surface area contributed by atoms with E-state index in [0.29, 0.717) is 12.2 Å². The minimum atomic E-state index is -4.43. The smallest absolute Gasteiger partial charge is 0.416 e. The molecule has 1 heterocycles. The summed E-state index contributed by atoms with van der Waals surface area (Å²) >= 11 is 0. The molecule has 0 saturated heterocycles. The number of carboxylic acid groups (broad SMARTS) is 1. The van der Waals surface area contributed by atoms with Gasteiger partial charge in [-0.15, -0.1) is 0 Å². The van der Waals surface area contributed by atoms with E-state index in [4.69, 9.17) is 5.11 Å². The summed E-state index contributed by atoms with van der Waals surface area (Å²) in [4.78, 5) is 11.2. The van der Waals surface area contributed by atoms with Crippen LogP contribution < -0.4 is 5.32 Å². The minimum Gasteiger partial charge on any atom is -0.481 e. The molecule has 0 radical (unpaired) electrons. The third-order valence-electron chi connectivity index (χ3n) is 3.69. The molecule has 1 aliphatic heterocycles. The minimum absolute atomic E-state index is 0.162. The molecule has 3 nitrogen and oxygen atoms in total. The number of carbonyl (C=O) groups is 1. The first-order valence-electron chi connectivity index (χ1n) is 6.30. The van der Waals surface area contributed by atoms with E-state index in [1.54, 1.807) is 6.07 Å². The Hall–Kier alpha value is -1.72. The van der Waals surface area contributed by atoms with E-state index in [-0.39, 0.29) is 12.0 Å². The quantitative estimate of drug-likeness (QED) is 0.891. The Morgan fingerprint density at radius 2 is 2.05 bits per heavy atom. The molecule has 0 aromatic heterocycles. The van der Waals surface area contributed by atoms with Crippen molar-refractivity contribution in [2.75, 3.05) is 11.9 Å². The van der Waals surface area contributed by atoms with Gasteiger partial charge in [-0.3, -0.25) is 4.79 Å². The third-order valence-corrected chi connectivity index (χ3v) is 3.69. The molecule has 0 saturated carbocycles. The Morgan fingerprint density at radius 3 is 2.60 bits per heavy atom. The highest BCUT2D eigenvalue weighted by Gasteiger charge is 2.41. The van der Waals surface area contributed by atoms with Crippen LogP contribution in [0.2, 0.25) is 0 Å². The van der Waals surface area contributed by atoms with Crippen LogP contribution in [0.5, 0.6) is 0 Å². The number of alkyl halides is 3. The first-order chi connectivity index (χ1) is 9.13. The molecule has 1 aliphatic rings. The topological polar surface area (TPSA) is 49.3 Å². The predicted octanol–water partition coefficient (Wildman–Crippen LogP) is 3.72. The first-order valence-corrected chi connectivity index (χ1v) is 6.30. The van der Waals surface area contributed by atoms with E-state index in [1.807, 2.05) is 0 Å². The van der Waals surface area contributed by atoms with Crippen molar-refractivity contribution in [2.45, 2.75) is 32.4 Å². The second-order valence-electron chi connectivity index (χ2n) is 5.74. The summed E-state index contributed by atoms with van der Waals surface area (Å²) in [7, 11) is 0. The van der Waals surface area contributed by atoms with Gasteiger partial charge < -0.3 is 10.4 Å². The second kappa shape index (κ2) is 4.68. The van der Waals surface area contributed by atoms with Crippen molar-refractivity contribution in [3.05, 3.63) is 29.3 Å². The molecule has 0 amide bonds. The maximum Gasteiger partial charge on any atom is 0.416 e. The number of fused-ring (bicyclic) bond motifs is 1. The van der Waals surface area contributed by atoms with E-state index in [2.05, 4.69) is 5.32 Å². The van der Waals surface area contributed by atoms with E-state index >= 15 is 0 Å². The van der Waals surface area contributed by atoms with E-state index in [1.165, 1.54) is 19.9 Å². The van der Waals surface area contributed by atoms with Crippen molar-refractivity contribution in [1.29, 1.82) is 0 Å². The molecule has 1 aromatic rings. The van der Waals surface area contributed by atoms with Gasteiger partial charge in [0.1, 0.15) is 0 Å². The number of halogens is 3. The van der Waals surface area contributed by atoms with Gasteiger partial charge in [0.25, 0.3) is 0 Å². The van der Waals surface area contributed by atoms with Crippen LogP contribution in [0.4, 0.5) is 18.9 Å². The monoisotopic (exact) mass is 287 g/mol. The first kappa shape index (κ1) is 14.7. The molecule has 1 aromatic carbocycles. The number of carboxylic acids is 1. The lowest BCUT2D eigenvalue weighted by atomic mass is 9.79. The Kier molecular flexibility index (Phi) is 3.44. The number of hydrogen-bond donors (Lipinski definition) is 2. The van der Waals surface area contributed by atoms with Crippen LogP contribution in [-0.2, 0) is 11.0 Å². The number of hydrogen-bond acceptors (Lipinski definition) is 2. The van der Waals surface area contributed by atoms with Crippen LogP contribution >= 0.6 is 0 Å². The second-order valence-corrected chi connectivity index (χ2v) is 5.74. The molecule has 0 spiro atoms. The zero-order chi connectivity index (χ0) is 15.1. The molecule has 0 aliphatic carbocycles. The predicted molar refractivity (Wildman–Crippen MR) is 68.7 cm³/mol. The number of anilines is 1. The zero-order valence-electron chi connectivity index (χ0n) is 11.2. The van der Waals surface area contributed by atoms with E-state index < -0.39 is 29.0 Å². The summed E-state index contributed by atoms with van der Waals surface area (Å²) in [6.07, 6.45) is -4.27. The molecular formula is C14H16F3NO2. The van der Waals surface area contributed by atoms with Crippen LogP contribution in [0.15, 0.2) is 18.2 Å². The van der Waals surface area contributed by atoms with Crippen molar-refractivity contribution < 1.29 is 23.1 Å². The summed E-state index contributed by atoms with van der Waals surface area (Å²) in [6, 6.07) is 4.00. The lowest BCUT2D eigenvalue weighted by Crippen LogP contribution is -2.27. The molecule has 0 fully saturated rings. The van der Waals surface area contributed by atoms with E-state index in [0.717, 1.165) is 6.07 Å². The van der Waals surface area contributed by atoms with Gasteiger partial charge in [0.05, 0.1) is 11.0 Å². The van der Waals surface area contributed by atoms with Crippen LogP contribution in [0.3, 0.4) is 0 Å². The van der Waals surface area contributed by atoms with Gasteiger partial charge in [-0.1, -0.05) is 6.07 Å². The molecule has 0 bridgehead atoms. The lowest BCUT2D eigenvalue weighted by molar-refractivity contribution is -0.147. The Labute approximate surface area is 114 Å². The average Bonchev–Trinajstić information content (AvgIpc) is 2.70. The number of rotatable bonds is 3. The van der Waals surface area contributed by atoms with Crippen LogP contribution in [0, 0.1) is 5.41 Å². The van der Waals surface area contributed by atoms with Gasteiger partial charge in [-0.2, -0.15) is 13.2 Å². The number of benzene rings is 1. The fraction of sp³-hybridized carbons (Fsp3) is 0.500. The van der Waals surface area contributed by atoms with Gasteiger partial charge in [-0.05, 0) is 38.0 Å². The number of nitrogens with one attached hydrogen (secondary N) is 1. The fourth-order valence-corrected chi connectivity index (χ4v) is 2.62. The molecule has 1 atom stereocenters. The average molecular weight is 287 g/mol. The SMILES string of the molecule is CC(C)(CC1CNc2cccc(C(F)(F)F)c21)C(=O)O. The van der Waals surface area contributed by atoms with Gasteiger partial charge in [0.2, 0.25) is 0 Å². The summed E-state index contributed by atoms with van der Waals surface area (Å²) in [5, 5.41) is 12.1. The Bertz CT molecular complexity index is 538. The van der Waals surface area contributed by atoms with Crippen molar-refractivity contribution in [2.24, 2.45) is 5.41 Å². The highest BCUT2D eigenvalue weighted by molar-refractivity contribution is 5.74. The molecule has 2 N–H and O–H groups in total. The largest absolute Gasteiger partial charge is 0.481 e. The standard InChI is InChI=1S/C14H16F3NO2/c1-13(2,12(19)20)6-8-7-18-10-5-3-4-9(11(8)10)14(15,16)17/h3-5,8,18H,6-7H2,1-2H3,(H,19,20). The van der Waals surface area contributed by atoms with Crippen molar-refractivity contribution in [1.82, 2.24) is 0 Å². The summed E-state index contributed by atoms with van der Waals surface area (Å²) < 4.78 is 39.2. The lowest BCUT2D eigenvalue weighted by Gasteiger charge is -2.24.